The van der Waals surface area contributed by atoms with Gasteiger partial charge in [0.1, 0.15) is 17.5 Å². The summed E-state index contributed by atoms with van der Waals surface area (Å²) < 4.78 is 0. The molecule has 3 N–H and O–H groups in total. The van der Waals surface area contributed by atoms with Crippen LogP contribution in [0.2, 0.25) is 5.02 Å². The van der Waals surface area contributed by atoms with Crippen molar-refractivity contribution < 1.29 is 0 Å². The molecule has 5 nitrogen and oxygen atoms in total. The van der Waals surface area contributed by atoms with E-state index in [1.165, 1.54) is 5.56 Å². The summed E-state index contributed by atoms with van der Waals surface area (Å²) in [5, 5.41) is 0.739. The molecule has 1 aromatic heterocycles. The fourth-order valence-corrected chi connectivity index (χ4v) is 2.16. The number of anilines is 2. The Labute approximate surface area is 130 Å². The van der Waals surface area contributed by atoms with Gasteiger partial charge in [-0.1, -0.05) is 30.7 Å². The highest BCUT2D eigenvalue weighted by Gasteiger charge is 2.08. The maximum absolute atomic E-state index is 5.90. The van der Waals surface area contributed by atoms with E-state index in [2.05, 4.69) is 27.2 Å². The third-order valence-electron chi connectivity index (χ3n) is 3.10. The minimum Gasteiger partial charge on any atom is -0.355 e. The highest BCUT2D eigenvalue weighted by molar-refractivity contribution is 6.30. The van der Waals surface area contributed by atoms with Crippen LogP contribution >= 0.6 is 11.6 Å². The van der Waals surface area contributed by atoms with Crippen LogP contribution in [0.5, 0.6) is 0 Å². The molecule has 6 heteroatoms. The smallest absolute Gasteiger partial charge is 0.145 e. The molecule has 0 saturated carbocycles. The van der Waals surface area contributed by atoms with Crippen LogP contribution in [0.25, 0.3) is 0 Å². The summed E-state index contributed by atoms with van der Waals surface area (Å²) in [5.74, 6) is 7.75. The molecule has 0 aliphatic carbocycles. The monoisotopic (exact) mass is 305 g/mol. The standard InChI is InChI=1S/C15H20ClN5/c1-3-4-13-18-14(20-17)9-15(19-13)21(2)10-11-5-7-12(16)8-6-11/h5-9H,3-4,10,17H2,1-2H3,(H,18,19,20). The number of rotatable bonds is 6. The summed E-state index contributed by atoms with van der Waals surface area (Å²) in [6.45, 7) is 2.84. The van der Waals surface area contributed by atoms with E-state index in [4.69, 9.17) is 17.4 Å². The van der Waals surface area contributed by atoms with E-state index in [1.807, 2.05) is 37.4 Å². The molecular formula is C15H20ClN5. The van der Waals surface area contributed by atoms with Crippen molar-refractivity contribution in [3.05, 3.63) is 46.7 Å². The Bertz CT molecular complexity index is 585. The third-order valence-corrected chi connectivity index (χ3v) is 3.36. The molecule has 0 amide bonds. The topological polar surface area (TPSA) is 67.1 Å². The molecule has 21 heavy (non-hydrogen) atoms. The summed E-state index contributed by atoms with van der Waals surface area (Å²) in [6.07, 6.45) is 1.83. The molecule has 0 aliphatic rings. The third kappa shape index (κ3) is 4.31. The number of nitrogens with two attached hydrogens (primary N) is 1. The van der Waals surface area contributed by atoms with Gasteiger partial charge in [-0.05, 0) is 24.1 Å². The Morgan fingerprint density at radius 2 is 1.95 bits per heavy atom. The van der Waals surface area contributed by atoms with Gasteiger partial charge in [0.2, 0.25) is 0 Å². The van der Waals surface area contributed by atoms with E-state index >= 15 is 0 Å². The van der Waals surface area contributed by atoms with Gasteiger partial charge in [0, 0.05) is 31.1 Å². The van der Waals surface area contributed by atoms with Crippen molar-refractivity contribution in [2.75, 3.05) is 17.4 Å². The lowest BCUT2D eigenvalue weighted by molar-refractivity contribution is 0.812. The number of aryl methyl sites for hydroxylation is 1. The Kier molecular flexibility index (Phi) is 5.36. The second kappa shape index (κ2) is 7.24. The van der Waals surface area contributed by atoms with Crippen LogP contribution in [0.3, 0.4) is 0 Å². The fourth-order valence-electron chi connectivity index (χ4n) is 2.03. The largest absolute Gasteiger partial charge is 0.355 e. The predicted molar refractivity (Wildman–Crippen MR) is 87.4 cm³/mol. The summed E-state index contributed by atoms with van der Waals surface area (Å²) in [7, 11) is 1.99. The van der Waals surface area contributed by atoms with E-state index in [0.29, 0.717) is 5.82 Å². The van der Waals surface area contributed by atoms with Crippen LogP contribution in [-0.2, 0) is 13.0 Å². The lowest BCUT2D eigenvalue weighted by atomic mass is 10.2. The number of hydrogen-bond acceptors (Lipinski definition) is 5. The molecule has 2 rings (SSSR count). The number of benzene rings is 1. The Balaban J connectivity index is 2.19. The Morgan fingerprint density at radius 3 is 2.57 bits per heavy atom. The summed E-state index contributed by atoms with van der Waals surface area (Å²) in [6, 6.07) is 9.64. The highest BCUT2D eigenvalue weighted by Crippen LogP contribution is 2.18. The van der Waals surface area contributed by atoms with Crippen molar-refractivity contribution in [2.24, 2.45) is 5.84 Å². The van der Waals surface area contributed by atoms with Gasteiger partial charge in [-0.3, -0.25) is 0 Å². The average molecular weight is 306 g/mol. The molecule has 0 saturated heterocycles. The maximum Gasteiger partial charge on any atom is 0.145 e. The first-order valence-corrected chi connectivity index (χ1v) is 7.30. The first-order valence-electron chi connectivity index (χ1n) is 6.92. The number of hydrogen-bond donors (Lipinski definition) is 2. The Morgan fingerprint density at radius 1 is 1.24 bits per heavy atom. The van der Waals surface area contributed by atoms with Crippen molar-refractivity contribution in [3.63, 3.8) is 0 Å². The molecular weight excluding hydrogens is 286 g/mol. The molecule has 1 aromatic carbocycles. The zero-order valence-corrected chi connectivity index (χ0v) is 13.1. The Hall–Kier alpha value is -1.85. The first-order chi connectivity index (χ1) is 10.1. The molecule has 0 bridgehead atoms. The van der Waals surface area contributed by atoms with Crippen molar-refractivity contribution in [1.82, 2.24) is 9.97 Å². The summed E-state index contributed by atoms with van der Waals surface area (Å²) in [4.78, 5) is 11.0. The number of halogens is 1. The van der Waals surface area contributed by atoms with Gasteiger partial charge in [-0.2, -0.15) is 0 Å². The second-order valence-electron chi connectivity index (χ2n) is 4.90. The van der Waals surface area contributed by atoms with Gasteiger partial charge in [0.25, 0.3) is 0 Å². The normalized spacial score (nSPS) is 10.5. The van der Waals surface area contributed by atoms with Crippen LogP contribution in [0.4, 0.5) is 11.6 Å². The fraction of sp³-hybridized carbons (Fsp3) is 0.333. The number of hydrazine groups is 1. The van der Waals surface area contributed by atoms with Crippen molar-refractivity contribution in [1.29, 1.82) is 0 Å². The summed E-state index contributed by atoms with van der Waals surface area (Å²) in [5.41, 5.74) is 3.76. The lowest BCUT2D eigenvalue weighted by Gasteiger charge is -2.19. The molecule has 0 fully saturated rings. The summed E-state index contributed by atoms with van der Waals surface area (Å²) >= 11 is 5.90. The predicted octanol–water partition coefficient (Wildman–Crippen LogP) is 3.00. The molecule has 0 spiro atoms. The molecule has 0 radical (unpaired) electrons. The average Bonchev–Trinajstić information content (AvgIpc) is 2.49. The van der Waals surface area contributed by atoms with E-state index in [-0.39, 0.29) is 0 Å². The minimum atomic E-state index is 0.631. The van der Waals surface area contributed by atoms with Crippen molar-refractivity contribution >= 4 is 23.2 Å². The maximum atomic E-state index is 5.90. The van der Waals surface area contributed by atoms with E-state index in [9.17, 15) is 0 Å². The van der Waals surface area contributed by atoms with E-state index in [0.717, 1.165) is 36.1 Å². The van der Waals surface area contributed by atoms with Gasteiger partial charge < -0.3 is 10.3 Å². The molecule has 1 heterocycles. The number of aromatic nitrogens is 2. The van der Waals surface area contributed by atoms with Crippen LogP contribution < -0.4 is 16.2 Å². The second-order valence-corrected chi connectivity index (χ2v) is 5.34. The van der Waals surface area contributed by atoms with Gasteiger partial charge in [0.05, 0.1) is 0 Å². The SMILES string of the molecule is CCCc1nc(NN)cc(N(C)Cc2ccc(Cl)cc2)n1. The quantitative estimate of drug-likeness (QED) is 0.634. The van der Waals surface area contributed by atoms with Gasteiger partial charge >= 0.3 is 0 Å². The number of nitrogens with zero attached hydrogens (tertiary/aromatic N) is 3. The van der Waals surface area contributed by atoms with Crippen LogP contribution in [0.1, 0.15) is 24.7 Å². The van der Waals surface area contributed by atoms with Crippen molar-refractivity contribution in [3.8, 4) is 0 Å². The lowest BCUT2D eigenvalue weighted by Crippen LogP contribution is -2.20. The van der Waals surface area contributed by atoms with E-state index < -0.39 is 0 Å². The van der Waals surface area contributed by atoms with Crippen LogP contribution in [-0.4, -0.2) is 17.0 Å². The molecule has 2 aromatic rings. The van der Waals surface area contributed by atoms with Crippen molar-refractivity contribution in [2.45, 2.75) is 26.3 Å². The minimum absolute atomic E-state index is 0.631. The van der Waals surface area contributed by atoms with Gasteiger partial charge in [-0.25, -0.2) is 15.8 Å². The number of nitrogens with one attached hydrogen (secondary N) is 1. The van der Waals surface area contributed by atoms with Gasteiger partial charge in [0.15, 0.2) is 0 Å². The van der Waals surface area contributed by atoms with Gasteiger partial charge in [-0.15, -0.1) is 0 Å². The van der Waals surface area contributed by atoms with Crippen LogP contribution in [0, 0.1) is 0 Å². The molecule has 112 valence electrons. The van der Waals surface area contributed by atoms with E-state index in [1.54, 1.807) is 0 Å². The highest BCUT2D eigenvalue weighted by atomic mass is 35.5. The molecule has 0 unspecified atom stereocenters. The molecule has 0 atom stereocenters. The first kappa shape index (κ1) is 15.5. The zero-order chi connectivity index (χ0) is 15.2. The molecule has 0 aliphatic heterocycles. The number of nitrogen functional groups attached to an aromatic ring is 1. The van der Waals surface area contributed by atoms with Crippen LogP contribution in [0.15, 0.2) is 30.3 Å². The zero-order valence-electron chi connectivity index (χ0n) is 12.3.